The van der Waals surface area contributed by atoms with Crippen LogP contribution in [0.5, 0.6) is 5.75 Å². The molecule has 34 heavy (non-hydrogen) atoms. The van der Waals surface area contributed by atoms with Gasteiger partial charge in [-0.05, 0) is 43.0 Å². The van der Waals surface area contributed by atoms with Gasteiger partial charge in [0.15, 0.2) is 0 Å². The van der Waals surface area contributed by atoms with E-state index >= 15 is 0 Å². The Morgan fingerprint density at radius 1 is 0.912 bits per heavy atom. The number of rotatable bonds is 14. The summed E-state index contributed by atoms with van der Waals surface area (Å²) in [6, 6.07) is 0.754. The van der Waals surface area contributed by atoms with Gasteiger partial charge in [0.1, 0.15) is 23.9 Å². The Morgan fingerprint density at radius 3 is 1.94 bits per heavy atom. The number of nitrogens with two attached hydrogens (primary N) is 1. The number of hydrogen-bond donors (Lipinski definition) is 7. The van der Waals surface area contributed by atoms with Crippen LogP contribution in [0.15, 0.2) is 24.3 Å². The van der Waals surface area contributed by atoms with Crippen molar-refractivity contribution < 1.29 is 39.3 Å². The number of aliphatic carboxylic acids is 2. The molecule has 0 radical (unpaired) electrons. The lowest BCUT2D eigenvalue weighted by Crippen LogP contribution is -2.57. The molecule has 0 saturated carbocycles. The number of carboxylic acids is 2. The number of benzene rings is 1. The lowest BCUT2D eigenvalue weighted by molar-refractivity contribution is -0.143. The van der Waals surface area contributed by atoms with Crippen molar-refractivity contribution in [2.24, 2.45) is 5.73 Å². The smallest absolute Gasteiger partial charge is 0.326 e. The highest BCUT2D eigenvalue weighted by Crippen LogP contribution is 2.12. The highest BCUT2D eigenvalue weighted by atomic mass is 32.2. The van der Waals surface area contributed by atoms with Gasteiger partial charge in [0.2, 0.25) is 17.7 Å². The molecule has 0 aliphatic heterocycles. The van der Waals surface area contributed by atoms with Crippen molar-refractivity contribution in [3.63, 3.8) is 0 Å². The Hall–Kier alpha value is -3.32. The van der Waals surface area contributed by atoms with Crippen LogP contribution in [0.3, 0.4) is 0 Å². The molecule has 0 bridgehead atoms. The van der Waals surface area contributed by atoms with Crippen LogP contribution in [0.25, 0.3) is 0 Å². The fraction of sp³-hybridized carbons (Fsp3) is 0.476. The fourth-order valence-corrected chi connectivity index (χ4v) is 3.27. The van der Waals surface area contributed by atoms with Gasteiger partial charge in [-0.1, -0.05) is 12.1 Å². The van der Waals surface area contributed by atoms with E-state index in [0.717, 1.165) is 0 Å². The monoisotopic (exact) mass is 498 g/mol. The first kappa shape index (κ1) is 28.7. The Morgan fingerprint density at radius 2 is 1.44 bits per heavy atom. The van der Waals surface area contributed by atoms with Gasteiger partial charge < -0.3 is 37.0 Å². The normalized spacial score (nSPS) is 14.2. The number of carbonyl (C=O) groups excluding carboxylic acids is 3. The molecule has 0 aliphatic rings. The first-order valence-electron chi connectivity index (χ1n) is 10.3. The molecule has 8 N–H and O–H groups in total. The van der Waals surface area contributed by atoms with E-state index < -0.39 is 60.2 Å². The molecule has 0 heterocycles. The predicted molar refractivity (Wildman–Crippen MR) is 124 cm³/mol. The van der Waals surface area contributed by atoms with Crippen LogP contribution in [-0.2, 0) is 30.4 Å². The van der Waals surface area contributed by atoms with E-state index in [9.17, 15) is 34.2 Å². The molecule has 1 aromatic rings. The van der Waals surface area contributed by atoms with Crippen LogP contribution in [0.1, 0.15) is 25.3 Å². The first-order valence-corrected chi connectivity index (χ1v) is 11.7. The first-order chi connectivity index (χ1) is 15.9. The predicted octanol–water partition coefficient (Wildman–Crippen LogP) is -0.951. The quantitative estimate of drug-likeness (QED) is 0.167. The minimum absolute atomic E-state index is 0.0167. The van der Waals surface area contributed by atoms with Crippen molar-refractivity contribution in [1.29, 1.82) is 0 Å². The summed E-state index contributed by atoms with van der Waals surface area (Å²) >= 11 is 1.40. The third-order valence-electron chi connectivity index (χ3n) is 4.66. The minimum Gasteiger partial charge on any atom is -0.508 e. The number of aromatic hydroxyl groups is 1. The third kappa shape index (κ3) is 10.1. The Bertz CT molecular complexity index is 878. The third-order valence-corrected chi connectivity index (χ3v) is 5.30. The highest BCUT2D eigenvalue weighted by molar-refractivity contribution is 7.98. The van der Waals surface area contributed by atoms with E-state index in [1.54, 1.807) is 6.26 Å². The number of carbonyl (C=O) groups is 5. The summed E-state index contributed by atoms with van der Waals surface area (Å²) in [5, 5.41) is 35.0. The number of nitrogens with one attached hydrogen (secondary N) is 3. The molecule has 0 spiro atoms. The second-order valence-corrected chi connectivity index (χ2v) is 8.55. The molecule has 1 aromatic carbocycles. The summed E-state index contributed by atoms with van der Waals surface area (Å²) in [7, 11) is 0. The SMILES string of the molecule is CSCCC(NC(=O)C(Cc1ccc(O)cc1)NC(=O)C(CC(=O)O)NC(=O)C(C)N)C(=O)O. The van der Waals surface area contributed by atoms with Crippen LogP contribution < -0.4 is 21.7 Å². The molecule has 0 aliphatic carbocycles. The summed E-state index contributed by atoms with van der Waals surface area (Å²) in [6.45, 7) is 1.35. The van der Waals surface area contributed by atoms with Gasteiger partial charge in [-0.2, -0.15) is 11.8 Å². The lowest BCUT2D eigenvalue weighted by Gasteiger charge is -2.24. The average molecular weight is 499 g/mol. The van der Waals surface area contributed by atoms with Crippen molar-refractivity contribution in [3.8, 4) is 5.75 Å². The molecule has 1 rings (SSSR count). The van der Waals surface area contributed by atoms with Crippen LogP contribution >= 0.6 is 11.8 Å². The zero-order valence-electron chi connectivity index (χ0n) is 18.8. The lowest BCUT2D eigenvalue weighted by atomic mass is 10.0. The van der Waals surface area contributed by atoms with Crippen LogP contribution in [0.4, 0.5) is 0 Å². The fourth-order valence-electron chi connectivity index (χ4n) is 2.80. The largest absolute Gasteiger partial charge is 0.508 e. The van der Waals surface area contributed by atoms with E-state index in [0.29, 0.717) is 11.3 Å². The van der Waals surface area contributed by atoms with E-state index in [1.807, 2.05) is 0 Å². The van der Waals surface area contributed by atoms with E-state index in [4.69, 9.17) is 10.8 Å². The zero-order valence-corrected chi connectivity index (χ0v) is 19.6. The van der Waals surface area contributed by atoms with Gasteiger partial charge in [0, 0.05) is 6.42 Å². The Kier molecular flexibility index (Phi) is 11.9. The van der Waals surface area contributed by atoms with Crippen LogP contribution in [0.2, 0.25) is 0 Å². The number of hydrogen-bond acceptors (Lipinski definition) is 8. The zero-order chi connectivity index (χ0) is 25.8. The molecule has 4 unspecified atom stereocenters. The van der Waals surface area contributed by atoms with Crippen LogP contribution in [-0.4, -0.2) is 81.2 Å². The molecule has 0 saturated heterocycles. The molecule has 0 fully saturated rings. The van der Waals surface area contributed by atoms with Crippen molar-refractivity contribution in [1.82, 2.24) is 16.0 Å². The number of carboxylic acid groups (broad SMARTS) is 2. The molecule has 188 valence electrons. The summed E-state index contributed by atoms with van der Waals surface area (Å²) < 4.78 is 0. The maximum Gasteiger partial charge on any atom is 0.326 e. The van der Waals surface area contributed by atoms with E-state index in [2.05, 4.69) is 16.0 Å². The van der Waals surface area contributed by atoms with E-state index in [1.165, 1.54) is 43.0 Å². The summed E-state index contributed by atoms with van der Waals surface area (Å²) in [4.78, 5) is 60.4. The van der Waals surface area contributed by atoms with E-state index in [-0.39, 0.29) is 18.6 Å². The standard InChI is InChI=1S/C21H30N4O8S/c1-11(22)18(29)24-16(10-17(27)28)20(31)25-15(9-12-3-5-13(26)6-4-12)19(30)23-14(21(32)33)7-8-34-2/h3-6,11,14-16,26H,7-10,22H2,1-2H3,(H,23,30)(H,24,29)(H,25,31)(H,27,28)(H,32,33). The summed E-state index contributed by atoms with van der Waals surface area (Å²) in [5.41, 5.74) is 6.00. The molecule has 12 nitrogen and oxygen atoms in total. The molecule has 0 aromatic heterocycles. The summed E-state index contributed by atoms with van der Waals surface area (Å²) in [5.74, 6) is -4.68. The molecule has 13 heteroatoms. The van der Waals surface area contributed by atoms with Gasteiger partial charge >= 0.3 is 11.9 Å². The number of amides is 3. The molecular formula is C21H30N4O8S. The average Bonchev–Trinajstić information content (AvgIpc) is 2.76. The minimum atomic E-state index is -1.52. The highest BCUT2D eigenvalue weighted by Gasteiger charge is 2.31. The maximum absolute atomic E-state index is 12.9. The van der Waals surface area contributed by atoms with Gasteiger partial charge in [-0.15, -0.1) is 0 Å². The number of thioether (sulfide) groups is 1. The van der Waals surface area contributed by atoms with Crippen molar-refractivity contribution in [3.05, 3.63) is 29.8 Å². The second-order valence-electron chi connectivity index (χ2n) is 7.56. The van der Waals surface area contributed by atoms with Gasteiger partial charge in [-0.25, -0.2) is 4.79 Å². The maximum atomic E-state index is 12.9. The molecule has 4 atom stereocenters. The van der Waals surface area contributed by atoms with Gasteiger partial charge in [0.05, 0.1) is 12.5 Å². The summed E-state index contributed by atoms with van der Waals surface area (Å²) in [6.07, 6.45) is 1.08. The van der Waals surface area contributed by atoms with Crippen molar-refractivity contribution >= 4 is 41.4 Å². The Balaban J connectivity index is 3.13. The number of phenols is 1. The molecular weight excluding hydrogens is 468 g/mol. The van der Waals surface area contributed by atoms with Crippen molar-refractivity contribution in [2.45, 2.75) is 50.4 Å². The number of phenolic OH excluding ortho intramolecular Hbond substituents is 1. The van der Waals surface area contributed by atoms with Crippen molar-refractivity contribution in [2.75, 3.05) is 12.0 Å². The van der Waals surface area contributed by atoms with Crippen LogP contribution in [0, 0.1) is 0 Å². The molecule has 3 amide bonds. The Labute approximate surface area is 200 Å². The topological polar surface area (TPSA) is 208 Å². The van der Waals surface area contributed by atoms with Gasteiger partial charge in [0.25, 0.3) is 0 Å². The second kappa shape index (κ2) is 14.1. The van der Waals surface area contributed by atoms with Gasteiger partial charge in [-0.3, -0.25) is 19.2 Å².